The van der Waals surface area contributed by atoms with Crippen molar-refractivity contribution in [2.24, 2.45) is 5.92 Å². The molecule has 0 aliphatic carbocycles. The second-order valence-corrected chi connectivity index (χ2v) is 9.40. The molecular formula is C29H31N3O2. The van der Waals surface area contributed by atoms with E-state index in [1.54, 1.807) is 6.20 Å². The maximum absolute atomic E-state index is 13.4. The summed E-state index contributed by atoms with van der Waals surface area (Å²) in [6, 6.07) is 22.3. The van der Waals surface area contributed by atoms with Crippen LogP contribution in [0, 0.1) is 5.92 Å². The topological polar surface area (TPSA) is 53.5 Å². The average Bonchev–Trinajstić information content (AvgIpc) is 2.92. The summed E-state index contributed by atoms with van der Waals surface area (Å²) in [5.74, 6) is 0.685. The quantitative estimate of drug-likeness (QED) is 0.556. The summed E-state index contributed by atoms with van der Waals surface area (Å²) >= 11 is 0. The zero-order valence-electron chi connectivity index (χ0n) is 19.5. The van der Waals surface area contributed by atoms with Gasteiger partial charge in [0.15, 0.2) is 0 Å². The lowest BCUT2D eigenvalue weighted by molar-refractivity contribution is -0.134. The van der Waals surface area contributed by atoms with Crippen LogP contribution in [0.5, 0.6) is 0 Å². The Labute approximate surface area is 201 Å². The smallest absolute Gasteiger partial charge is 0.254 e. The third-order valence-corrected chi connectivity index (χ3v) is 7.27. The van der Waals surface area contributed by atoms with Crippen molar-refractivity contribution in [1.29, 1.82) is 0 Å². The van der Waals surface area contributed by atoms with E-state index in [0.717, 1.165) is 67.6 Å². The number of carbonyl (C=O) groups is 2. The van der Waals surface area contributed by atoms with Gasteiger partial charge in [0.2, 0.25) is 5.91 Å². The number of benzene rings is 2. The summed E-state index contributed by atoms with van der Waals surface area (Å²) in [5.41, 5.74) is 4.11. The first-order valence-corrected chi connectivity index (χ1v) is 12.3. The summed E-state index contributed by atoms with van der Waals surface area (Å²) in [5, 5.41) is 0. The van der Waals surface area contributed by atoms with Crippen molar-refractivity contribution in [3.05, 3.63) is 90.3 Å². The Kier molecular flexibility index (Phi) is 6.70. The molecule has 2 atom stereocenters. The van der Waals surface area contributed by atoms with Crippen LogP contribution in [0.15, 0.2) is 79.1 Å². The molecule has 1 aromatic heterocycles. The lowest BCUT2D eigenvalue weighted by Crippen LogP contribution is -2.56. The Hall–Kier alpha value is -3.47. The number of hydrogen-bond acceptors (Lipinski definition) is 3. The number of hydrogen-bond donors (Lipinski definition) is 0. The van der Waals surface area contributed by atoms with E-state index in [9.17, 15) is 9.59 Å². The van der Waals surface area contributed by atoms with Gasteiger partial charge in [-0.05, 0) is 66.5 Å². The predicted octanol–water partition coefficient (Wildman–Crippen LogP) is 4.83. The summed E-state index contributed by atoms with van der Waals surface area (Å²) in [6.07, 6.45) is 7.75. The Morgan fingerprint density at radius 3 is 2.44 bits per heavy atom. The first-order chi connectivity index (χ1) is 16.7. The minimum Gasteiger partial charge on any atom is -0.342 e. The Balaban J connectivity index is 1.21. The lowest BCUT2D eigenvalue weighted by Gasteiger charge is -2.47. The molecule has 2 aromatic carbocycles. The molecule has 5 rings (SSSR count). The van der Waals surface area contributed by atoms with Crippen LogP contribution in [-0.4, -0.2) is 52.3 Å². The first kappa shape index (κ1) is 22.3. The van der Waals surface area contributed by atoms with Gasteiger partial charge in [-0.25, -0.2) is 0 Å². The maximum Gasteiger partial charge on any atom is 0.254 e. The van der Waals surface area contributed by atoms with Crippen LogP contribution < -0.4 is 0 Å². The minimum atomic E-state index is 0.116. The normalized spacial score (nSPS) is 20.0. The van der Waals surface area contributed by atoms with E-state index in [0.29, 0.717) is 12.3 Å². The number of fused-ring (bicyclic) bond motifs is 1. The highest BCUT2D eigenvalue weighted by Crippen LogP contribution is 2.32. The molecule has 174 valence electrons. The van der Waals surface area contributed by atoms with E-state index in [4.69, 9.17) is 0 Å². The number of likely N-dealkylation sites (tertiary alicyclic amines) is 2. The molecule has 3 heterocycles. The van der Waals surface area contributed by atoms with Crippen molar-refractivity contribution in [3.63, 3.8) is 0 Å². The van der Waals surface area contributed by atoms with Crippen LogP contribution in [-0.2, 0) is 11.2 Å². The number of amides is 2. The first-order valence-electron chi connectivity index (χ1n) is 12.3. The van der Waals surface area contributed by atoms with Crippen molar-refractivity contribution >= 4 is 11.8 Å². The molecule has 5 heteroatoms. The number of carbonyl (C=O) groups excluding carboxylic acids is 2. The monoisotopic (exact) mass is 453 g/mol. The van der Waals surface area contributed by atoms with Crippen molar-refractivity contribution < 1.29 is 9.59 Å². The molecular weight excluding hydrogens is 422 g/mol. The third-order valence-electron chi connectivity index (χ3n) is 7.27. The van der Waals surface area contributed by atoms with Crippen LogP contribution in [0.2, 0.25) is 0 Å². The van der Waals surface area contributed by atoms with E-state index in [1.165, 1.54) is 0 Å². The SMILES string of the molecule is O=C(CCc1cccnc1)N1CC[C@H]2[C@H](CCCN2C(=O)c2ccc(-c3ccccc3)cc2)C1. The number of aromatic nitrogens is 1. The molecule has 2 fully saturated rings. The van der Waals surface area contributed by atoms with Crippen LogP contribution >= 0.6 is 0 Å². The standard InChI is InChI=1S/C29H31N3O2/c33-28(15-10-22-6-4-17-30-20-22)31-19-16-27-26(21-31)9-5-18-32(27)29(34)25-13-11-24(12-14-25)23-7-2-1-3-8-23/h1-4,6-8,11-14,17,20,26-27H,5,9-10,15-16,18-19,21H2/t26-,27+/m1/s1. The summed E-state index contributed by atoms with van der Waals surface area (Å²) < 4.78 is 0. The number of nitrogens with zero attached hydrogens (tertiary/aromatic N) is 3. The lowest BCUT2D eigenvalue weighted by atomic mass is 9.83. The number of piperidine rings is 2. The Morgan fingerprint density at radius 1 is 0.882 bits per heavy atom. The van der Waals surface area contributed by atoms with Gasteiger partial charge in [-0.15, -0.1) is 0 Å². The molecule has 2 aliphatic heterocycles. The van der Waals surface area contributed by atoms with Crippen molar-refractivity contribution in [2.45, 2.75) is 38.1 Å². The van der Waals surface area contributed by atoms with Crippen LogP contribution in [0.25, 0.3) is 11.1 Å². The van der Waals surface area contributed by atoms with Crippen molar-refractivity contribution in [3.8, 4) is 11.1 Å². The molecule has 0 bridgehead atoms. The average molecular weight is 454 g/mol. The van der Waals surface area contributed by atoms with Gasteiger partial charge in [0, 0.05) is 50.1 Å². The fraction of sp³-hybridized carbons (Fsp3) is 0.345. The Bertz CT molecular complexity index is 1120. The van der Waals surface area contributed by atoms with E-state index in [2.05, 4.69) is 22.0 Å². The highest BCUT2D eigenvalue weighted by atomic mass is 16.2. The van der Waals surface area contributed by atoms with Crippen LogP contribution in [0.3, 0.4) is 0 Å². The zero-order chi connectivity index (χ0) is 23.3. The largest absolute Gasteiger partial charge is 0.342 e. The Morgan fingerprint density at radius 2 is 1.68 bits per heavy atom. The van der Waals surface area contributed by atoms with Crippen LogP contribution in [0.1, 0.15) is 41.6 Å². The summed E-state index contributed by atoms with van der Waals surface area (Å²) in [6.45, 7) is 2.28. The molecule has 34 heavy (non-hydrogen) atoms. The van der Waals surface area contributed by atoms with Crippen LogP contribution in [0.4, 0.5) is 0 Å². The second-order valence-electron chi connectivity index (χ2n) is 9.40. The molecule has 3 aromatic rings. The highest BCUT2D eigenvalue weighted by Gasteiger charge is 2.39. The maximum atomic E-state index is 13.4. The highest BCUT2D eigenvalue weighted by molar-refractivity contribution is 5.95. The number of aryl methyl sites for hydroxylation is 1. The predicted molar refractivity (Wildman–Crippen MR) is 133 cm³/mol. The van der Waals surface area contributed by atoms with Gasteiger partial charge < -0.3 is 9.80 Å². The van der Waals surface area contributed by atoms with Gasteiger partial charge in [-0.3, -0.25) is 14.6 Å². The fourth-order valence-electron chi connectivity index (χ4n) is 5.44. The van der Waals surface area contributed by atoms with Crippen molar-refractivity contribution in [2.75, 3.05) is 19.6 Å². The van der Waals surface area contributed by atoms with E-state index >= 15 is 0 Å². The van der Waals surface area contributed by atoms with E-state index in [-0.39, 0.29) is 17.9 Å². The van der Waals surface area contributed by atoms with Gasteiger partial charge >= 0.3 is 0 Å². The fourth-order valence-corrected chi connectivity index (χ4v) is 5.44. The second kappa shape index (κ2) is 10.2. The third kappa shape index (κ3) is 4.89. The molecule has 0 saturated carbocycles. The number of rotatable bonds is 5. The number of pyridine rings is 1. The molecule has 0 N–H and O–H groups in total. The molecule has 2 amide bonds. The van der Waals surface area contributed by atoms with Gasteiger partial charge in [-0.2, -0.15) is 0 Å². The minimum absolute atomic E-state index is 0.116. The van der Waals surface area contributed by atoms with E-state index < -0.39 is 0 Å². The van der Waals surface area contributed by atoms with Gasteiger partial charge in [0.25, 0.3) is 5.91 Å². The molecule has 2 saturated heterocycles. The van der Waals surface area contributed by atoms with Gasteiger partial charge in [0.1, 0.15) is 0 Å². The zero-order valence-corrected chi connectivity index (χ0v) is 19.5. The molecule has 0 radical (unpaired) electrons. The van der Waals surface area contributed by atoms with E-state index in [1.807, 2.05) is 65.7 Å². The molecule has 0 unspecified atom stereocenters. The summed E-state index contributed by atoms with van der Waals surface area (Å²) in [4.78, 5) is 34.5. The van der Waals surface area contributed by atoms with Gasteiger partial charge in [0.05, 0.1) is 0 Å². The molecule has 2 aliphatic rings. The van der Waals surface area contributed by atoms with Crippen molar-refractivity contribution in [1.82, 2.24) is 14.8 Å². The summed E-state index contributed by atoms with van der Waals surface area (Å²) in [7, 11) is 0. The molecule has 5 nitrogen and oxygen atoms in total. The molecule has 0 spiro atoms. The van der Waals surface area contributed by atoms with Gasteiger partial charge in [-0.1, -0.05) is 48.5 Å².